The van der Waals surface area contributed by atoms with E-state index in [-0.39, 0.29) is 5.75 Å². The van der Waals surface area contributed by atoms with Crippen LogP contribution in [-0.2, 0) is 0 Å². The molecule has 0 atom stereocenters. The van der Waals surface area contributed by atoms with Gasteiger partial charge in [0.2, 0.25) is 0 Å². The van der Waals surface area contributed by atoms with Gasteiger partial charge < -0.3 is 15.7 Å². The molecule has 104 valence electrons. The second kappa shape index (κ2) is 6.01. The summed E-state index contributed by atoms with van der Waals surface area (Å²) >= 11 is 0. The van der Waals surface area contributed by atoms with Crippen molar-refractivity contribution in [3.63, 3.8) is 0 Å². The highest BCUT2D eigenvalue weighted by Crippen LogP contribution is 2.23. The Morgan fingerprint density at radius 2 is 1.05 bits per heavy atom. The zero-order valence-electron chi connectivity index (χ0n) is 11.5. The van der Waals surface area contributed by atoms with Gasteiger partial charge in [0.15, 0.2) is 0 Å². The standard InChI is InChI=1S/C18H16N2O/c21-18-8-4-7-17(13-18)20-16-11-9-15(10-12-16)19-14-5-2-1-3-6-14/h1-13,19-21H. The van der Waals surface area contributed by atoms with Gasteiger partial charge in [-0.05, 0) is 48.5 Å². The molecule has 0 amide bonds. The second-order valence-electron chi connectivity index (χ2n) is 4.74. The summed E-state index contributed by atoms with van der Waals surface area (Å²) in [5.41, 5.74) is 3.92. The van der Waals surface area contributed by atoms with Gasteiger partial charge in [-0.2, -0.15) is 0 Å². The van der Waals surface area contributed by atoms with Crippen molar-refractivity contribution >= 4 is 22.7 Å². The molecule has 0 fully saturated rings. The molecule has 3 nitrogen and oxygen atoms in total. The first-order valence-electron chi connectivity index (χ1n) is 6.78. The molecule has 0 radical (unpaired) electrons. The predicted octanol–water partition coefficient (Wildman–Crippen LogP) is 4.88. The van der Waals surface area contributed by atoms with Crippen LogP contribution in [0.2, 0.25) is 0 Å². The molecular formula is C18H16N2O. The summed E-state index contributed by atoms with van der Waals surface area (Å²) < 4.78 is 0. The van der Waals surface area contributed by atoms with E-state index in [9.17, 15) is 5.11 Å². The summed E-state index contributed by atoms with van der Waals surface area (Å²) in [6.07, 6.45) is 0. The van der Waals surface area contributed by atoms with E-state index in [1.54, 1.807) is 12.1 Å². The highest BCUT2D eigenvalue weighted by atomic mass is 16.3. The van der Waals surface area contributed by atoms with Gasteiger partial charge in [0.1, 0.15) is 5.75 Å². The van der Waals surface area contributed by atoms with Crippen LogP contribution >= 0.6 is 0 Å². The first-order valence-corrected chi connectivity index (χ1v) is 6.78. The predicted molar refractivity (Wildman–Crippen MR) is 87.6 cm³/mol. The minimum absolute atomic E-state index is 0.252. The summed E-state index contributed by atoms with van der Waals surface area (Å²) in [7, 11) is 0. The van der Waals surface area contributed by atoms with Gasteiger partial charge in [-0.15, -0.1) is 0 Å². The van der Waals surface area contributed by atoms with Crippen molar-refractivity contribution in [2.24, 2.45) is 0 Å². The normalized spacial score (nSPS) is 10.1. The van der Waals surface area contributed by atoms with Crippen molar-refractivity contribution in [2.75, 3.05) is 10.6 Å². The van der Waals surface area contributed by atoms with Gasteiger partial charge in [0.25, 0.3) is 0 Å². The van der Waals surface area contributed by atoms with Crippen LogP contribution in [0.1, 0.15) is 0 Å². The maximum Gasteiger partial charge on any atom is 0.117 e. The summed E-state index contributed by atoms with van der Waals surface area (Å²) in [6.45, 7) is 0. The SMILES string of the molecule is Oc1cccc(Nc2ccc(Nc3ccccc3)cc2)c1. The number of hydrogen-bond donors (Lipinski definition) is 3. The third-order valence-electron chi connectivity index (χ3n) is 3.08. The van der Waals surface area contributed by atoms with Crippen LogP contribution in [0.3, 0.4) is 0 Å². The van der Waals surface area contributed by atoms with E-state index in [0.29, 0.717) is 0 Å². The molecule has 3 aromatic carbocycles. The van der Waals surface area contributed by atoms with Crippen LogP contribution < -0.4 is 10.6 Å². The molecule has 0 heterocycles. The summed E-state index contributed by atoms with van der Waals surface area (Å²) in [4.78, 5) is 0. The van der Waals surface area contributed by atoms with E-state index in [2.05, 4.69) is 10.6 Å². The molecule has 3 heteroatoms. The van der Waals surface area contributed by atoms with E-state index in [4.69, 9.17) is 0 Å². The molecule has 0 saturated carbocycles. The highest BCUT2D eigenvalue weighted by Gasteiger charge is 1.97. The maximum absolute atomic E-state index is 9.45. The number of phenolic OH excluding ortho intramolecular Hbond substituents is 1. The van der Waals surface area contributed by atoms with Crippen molar-refractivity contribution in [3.05, 3.63) is 78.9 Å². The average Bonchev–Trinajstić information content (AvgIpc) is 2.50. The lowest BCUT2D eigenvalue weighted by Gasteiger charge is -2.09. The Morgan fingerprint density at radius 1 is 0.524 bits per heavy atom. The van der Waals surface area contributed by atoms with Crippen molar-refractivity contribution in [1.82, 2.24) is 0 Å². The first-order chi connectivity index (χ1) is 10.3. The lowest BCUT2D eigenvalue weighted by Crippen LogP contribution is -1.92. The van der Waals surface area contributed by atoms with Crippen molar-refractivity contribution in [1.29, 1.82) is 0 Å². The van der Waals surface area contributed by atoms with Crippen molar-refractivity contribution in [2.45, 2.75) is 0 Å². The largest absolute Gasteiger partial charge is 0.508 e. The molecule has 0 aromatic heterocycles. The smallest absolute Gasteiger partial charge is 0.117 e. The highest BCUT2D eigenvalue weighted by molar-refractivity contribution is 5.66. The van der Waals surface area contributed by atoms with Crippen molar-refractivity contribution in [3.8, 4) is 5.75 Å². The molecule has 0 aliphatic rings. The van der Waals surface area contributed by atoms with Crippen molar-refractivity contribution < 1.29 is 5.11 Å². The Bertz CT molecular complexity index is 709. The molecule has 0 saturated heterocycles. The molecule has 3 rings (SSSR count). The molecule has 0 bridgehead atoms. The lowest BCUT2D eigenvalue weighted by molar-refractivity contribution is 0.475. The second-order valence-corrected chi connectivity index (χ2v) is 4.74. The van der Waals surface area contributed by atoms with E-state index in [1.165, 1.54) is 0 Å². The number of phenols is 1. The number of rotatable bonds is 4. The fourth-order valence-electron chi connectivity index (χ4n) is 2.08. The molecule has 0 spiro atoms. The summed E-state index contributed by atoms with van der Waals surface area (Å²) in [5, 5.41) is 16.0. The summed E-state index contributed by atoms with van der Waals surface area (Å²) in [5.74, 6) is 0.252. The number of anilines is 4. The van der Waals surface area contributed by atoms with Gasteiger partial charge in [-0.25, -0.2) is 0 Å². The van der Waals surface area contributed by atoms with E-state index >= 15 is 0 Å². The van der Waals surface area contributed by atoms with E-state index < -0.39 is 0 Å². The quantitative estimate of drug-likeness (QED) is 0.636. The maximum atomic E-state index is 9.45. The third-order valence-corrected chi connectivity index (χ3v) is 3.08. The Hall–Kier alpha value is -2.94. The first kappa shape index (κ1) is 13.1. The average molecular weight is 276 g/mol. The molecule has 0 aliphatic carbocycles. The molecular weight excluding hydrogens is 260 g/mol. The third kappa shape index (κ3) is 3.54. The minimum atomic E-state index is 0.252. The number of benzene rings is 3. The van der Waals surface area contributed by atoms with Gasteiger partial charge in [-0.1, -0.05) is 24.3 Å². The van der Waals surface area contributed by atoms with Crippen LogP contribution in [-0.4, -0.2) is 5.11 Å². The van der Waals surface area contributed by atoms with Gasteiger partial charge in [0, 0.05) is 28.8 Å². The minimum Gasteiger partial charge on any atom is -0.508 e. The van der Waals surface area contributed by atoms with Gasteiger partial charge in [0.05, 0.1) is 0 Å². The molecule has 0 unspecified atom stereocenters. The monoisotopic (exact) mass is 276 g/mol. The number of hydrogen-bond acceptors (Lipinski definition) is 3. The van der Waals surface area contributed by atoms with Crippen LogP contribution in [0.4, 0.5) is 22.7 Å². The van der Waals surface area contributed by atoms with E-state index in [1.807, 2.05) is 66.7 Å². The molecule has 0 aliphatic heterocycles. The fraction of sp³-hybridized carbons (Fsp3) is 0. The number of para-hydroxylation sites is 1. The number of nitrogens with one attached hydrogen (secondary N) is 2. The Labute approximate surface area is 123 Å². The van der Waals surface area contributed by atoms with Crippen LogP contribution in [0.25, 0.3) is 0 Å². The Kier molecular flexibility index (Phi) is 3.74. The zero-order valence-corrected chi connectivity index (χ0v) is 11.5. The van der Waals surface area contributed by atoms with Crippen LogP contribution in [0.5, 0.6) is 5.75 Å². The lowest BCUT2D eigenvalue weighted by atomic mass is 10.2. The van der Waals surface area contributed by atoms with Crippen LogP contribution in [0.15, 0.2) is 78.9 Å². The molecule has 21 heavy (non-hydrogen) atoms. The number of aromatic hydroxyl groups is 1. The van der Waals surface area contributed by atoms with Gasteiger partial charge >= 0.3 is 0 Å². The molecule has 3 N–H and O–H groups in total. The van der Waals surface area contributed by atoms with Gasteiger partial charge in [-0.3, -0.25) is 0 Å². The van der Waals surface area contributed by atoms with Crippen LogP contribution in [0, 0.1) is 0 Å². The Morgan fingerprint density at radius 3 is 1.67 bits per heavy atom. The summed E-state index contributed by atoms with van der Waals surface area (Å²) in [6, 6.07) is 25.1. The Balaban J connectivity index is 1.69. The van der Waals surface area contributed by atoms with E-state index in [0.717, 1.165) is 22.7 Å². The zero-order chi connectivity index (χ0) is 14.5. The topological polar surface area (TPSA) is 44.3 Å². The fourth-order valence-corrected chi connectivity index (χ4v) is 2.08. The molecule has 3 aromatic rings.